The summed E-state index contributed by atoms with van der Waals surface area (Å²) in [5.74, 6) is -0.917. The third-order valence-electron chi connectivity index (χ3n) is 4.04. The van der Waals surface area contributed by atoms with Gasteiger partial charge in [-0.3, -0.25) is 9.59 Å². The number of carboxylic acids is 1. The zero-order valence-corrected chi connectivity index (χ0v) is 15.5. The number of amides is 1. The molecule has 2 heterocycles. The van der Waals surface area contributed by atoms with Crippen LogP contribution in [0.5, 0.6) is 0 Å². The number of aromatic nitrogens is 1. The van der Waals surface area contributed by atoms with Crippen molar-refractivity contribution in [1.82, 2.24) is 9.88 Å². The van der Waals surface area contributed by atoms with Gasteiger partial charge >= 0.3 is 5.97 Å². The van der Waals surface area contributed by atoms with Crippen molar-refractivity contribution < 1.29 is 19.1 Å². The van der Waals surface area contributed by atoms with Crippen LogP contribution in [0.2, 0.25) is 0 Å². The number of carbonyl (C=O) groups is 2. The zero-order chi connectivity index (χ0) is 19.1. The highest BCUT2D eigenvalue weighted by atomic mass is 32.1. The van der Waals surface area contributed by atoms with Crippen LogP contribution in [0.1, 0.15) is 24.1 Å². The smallest absolute Gasteiger partial charge is 0.303 e. The molecule has 3 rings (SSSR count). The fourth-order valence-electron chi connectivity index (χ4n) is 2.69. The molecule has 0 atom stereocenters. The lowest BCUT2D eigenvalue weighted by atomic mass is 10.2. The average molecular weight is 384 g/mol. The van der Waals surface area contributed by atoms with Gasteiger partial charge in [-0.15, -0.1) is 11.3 Å². The number of hydrogen-bond acceptors (Lipinski definition) is 5. The molecule has 0 fully saturated rings. The fourth-order valence-corrected chi connectivity index (χ4v) is 3.50. The van der Waals surface area contributed by atoms with Crippen molar-refractivity contribution in [2.45, 2.75) is 25.8 Å². The molecule has 0 aliphatic heterocycles. The third kappa shape index (κ3) is 5.52. The summed E-state index contributed by atoms with van der Waals surface area (Å²) in [4.78, 5) is 29.8. The highest BCUT2D eigenvalue weighted by molar-refractivity contribution is 7.13. The molecular formula is C20H20N2O4S. The van der Waals surface area contributed by atoms with Crippen LogP contribution >= 0.6 is 11.3 Å². The average Bonchev–Trinajstić information content (AvgIpc) is 3.33. The number of rotatable bonds is 9. The van der Waals surface area contributed by atoms with E-state index in [0.29, 0.717) is 25.2 Å². The van der Waals surface area contributed by atoms with Gasteiger partial charge in [0, 0.05) is 30.5 Å². The van der Waals surface area contributed by atoms with E-state index in [4.69, 9.17) is 9.52 Å². The first-order valence-electron chi connectivity index (χ1n) is 8.62. The molecule has 1 amide bonds. The van der Waals surface area contributed by atoms with E-state index >= 15 is 0 Å². The second kappa shape index (κ2) is 9.14. The molecule has 6 nitrogen and oxygen atoms in total. The van der Waals surface area contributed by atoms with Gasteiger partial charge in [0.05, 0.1) is 18.4 Å². The van der Waals surface area contributed by atoms with Gasteiger partial charge in [0.15, 0.2) is 0 Å². The lowest BCUT2D eigenvalue weighted by Gasteiger charge is -2.22. The van der Waals surface area contributed by atoms with E-state index in [1.165, 1.54) is 11.3 Å². The van der Waals surface area contributed by atoms with Gasteiger partial charge in [0.1, 0.15) is 11.3 Å². The summed E-state index contributed by atoms with van der Waals surface area (Å²) in [6.45, 7) is 0.858. The predicted octanol–water partition coefficient (Wildman–Crippen LogP) is 3.84. The van der Waals surface area contributed by atoms with Crippen LogP contribution < -0.4 is 0 Å². The van der Waals surface area contributed by atoms with Gasteiger partial charge in [-0.05, 0) is 18.1 Å². The number of carboxylic acid groups (broad SMARTS) is 1. The molecule has 7 heteroatoms. The molecule has 0 aliphatic carbocycles. The normalized spacial score (nSPS) is 10.7. The Morgan fingerprint density at radius 3 is 2.70 bits per heavy atom. The van der Waals surface area contributed by atoms with E-state index in [1.807, 2.05) is 41.8 Å². The molecule has 0 spiro atoms. The molecule has 3 aromatic rings. The van der Waals surface area contributed by atoms with Gasteiger partial charge in [-0.2, -0.15) is 0 Å². The molecule has 0 radical (unpaired) electrons. The number of hydrogen-bond donors (Lipinski definition) is 1. The summed E-state index contributed by atoms with van der Waals surface area (Å²) < 4.78 is 5.07. The molecule has 0 saturated heterocycles. The van der Waals surface area contributed by atoms with E-state index in [9.17, 15) is 9.59 Å². The highest BCUT2D eigenvalue weighted by Gasteiger charge is 2.17. The summed E-state index contributed by atoms with van der Waals surface area (Å²) in [5, 5.41) is 11.5. The van der Waals surface area contributed by atoms with Gasteiger partial charge in [0.25, 0.3) is 0 Å². The summed E-state index contributed by atoms with van der Waals surface area (Å²) in [6, 6.07) is 11.5. The van der Waals surface area contributed by atoms with Crippen LogP contribution in [-0.2, 0) is 22.6 Å². The maximum absolute atomic E-state index is 12.8. The lowest BCUT2D eigenvalue weighted by molar-refractivity contribution is -0.138. The second-order valence-corrected chi connectivity index (χ2v) is 6.99. The number of nitrogens with zero attached hydrogens (tertiary/aromatic N) is 2. The molecular weight excluding hydrogens is 364 g/mol. The second-order valence-electron chi connectivity index (χ2n) is 6.13. The Hall–Kier alpha value is -2.93. The largest absolute Gasteiger partial charge is 0.481 e. The van der Waals surface area contributed by atoms with Crippen molar-refractivity contribution in [3.8, 4) is 10.6 Å². The quantitative estimate of drug-likeness (QED) is 0.606. The minimum Gasteiger partial charge on any atom is -0.481 e. The van der Waals surface area contributed by atoms with E-state index in [2.05, 4.69) is 4.98 Å². The van der Waals surface area contributed by atoms with Crippen LogP contribution in [0.25, 0.3) is 10.6 Å². The van der Waals surface area contributed by atoms with Crippen LogP contribution in [0.3, 0.4) is 0 Å². The number of furan rings is 1. The minimum absolute atomic E-state index is 0.0416. The van der Waals surface area contributed by atoms with Crippen LogP contribution in [0.4, 0.5) is 0 Å². The van der Waals surface area contributed by atoms with Crippen LogP contribution in [-0.4, -0.2) is 33.4 Å². The van der Waals surface area contributed by atoms with Crippen LogP contribution in [0, 0.1) is 0 Å². The third-order valence-corrected chi connectivity index (χ3v) is 4.98. The van der Waals surface area contributed by atoms with Crippen molar-refractivity contribution in [3.63, 3.8) is 0 Å². The van der Waals surface area contributed by atoms with Crippen molar-refractivity contribution >= 4 is 23.2 Å². The van der Waals surface area contributed by atoms with Gasteiger partial charge in [-0.25, -0.2) is 4.98 Å². The molecule has 0 saturated carbocycles. The Kier molecular flexibility index (Phi) is 6.38. The minimum atomic E-state index is -0.855. The fraction of sp³-hybridized carbons (Fsp3) is 0.250. The first-order valence-corrected chi connectivity index (χ1v) is 9.50. The molecule has 0 aliphatic rings. The standard InChI is InChI=1S/C20H20N2O4S/c23-18(11-17-14-27-20(21-17)16-8-10-26-13-16)22(9-4-7-19(24)25)12-15-5-2-1-3-6-15/h1-3,5-6,8,10,13-14H,4,7,9,11-12H2,(H,24,25). The Morgan fingerprint density at radius 1 is 1.19 bits per heavy atom. The molecule has 1 N–H and O–H groups in total. The van der Waals surface area contributed by atoms with E-state index in [1.54, 1.807) is 17.4 Å². The maximum atomic E-state index is 12.8. The summed E-state index contributed by atoms with van der Waals surface area (Å²) in [7, 11) is 0. The van der Waals surface area contributed by atoms with Crippen molar-refractivity contribution in [2.24, 2.45) is 0 Å². The van der Waals surface area contributed by atoms with Gasteiger partial charge in [-0.1, -0.05) is 30.3 Å². The van der Waals surface area contributed by atoms with E-state index < -0.39 is 5.97 Å². The number of thiazole rings is 1. The summed E-state index contributed by atoms with van der Waals surface area (Å²) in [6.07, 6.45) is 3.86. The molecule has 0 bridgehead atoms. The monoisotopic (exact) mass is 384 g/mol. The SMILES string of the molecule is O=C(O)CCCN(Cc1ccccc1)C(=O)Cc1csc(-c2ccoc2)n1. The molecule has 27 heavy (non-hydrogen) atoms. The lowest BCUT2D eigenvalue weighted by Crippen LogP contribution is -2.33. The highest BCUT2D eigenvalue weighted by Crippen LogP contribution is 2.24. The Bertz CT molecular complexity index is 875. The van der Waals surface area contributed by atoms with Crippen molar-refractivity contribution in [3.05, 3.63) is 65.6 Å². The first-order chi connectivity index (χ1) is 13.1. The van der Waals surface area contributed by atoms with E-state index in [0.717, 1.165) is 16.1 Å². The summed E-state index contributed by atoms with van der Waals surface area (Å²) >= 11 is 1.47. The zero-order valence-electron chi connectivity index (χ0n) is 14.7. The molecule has 2 aromatic heterocycles. The topological polar surface area (TPSA) is 83.6 Å². The number of carbonyl (C=O) groups excluding carboxylic acids is 1. The molecule has 1 aromatic carbocycles. The van der Waals surface area contributed by atoms with Crippen molar-refractivity contribution in [2.75, 3.05) is 6.54 Å². The first kappa shape index (κ1) is 18.8. The van der Waals surface area contributed by atoms with Crippen LogP contribution in [0.15, 0.2) is 58.7 Å². The number of benzene rings is 1. The Labute approximate surface area is 161 Å². The maximum Gasteiger partial charge on any atom is 0.303 e. The molecule has 140 valence electrons. The Morgan fingerprint density at radius 2 is 2.00 bits per heavy atom. The Balaban J connectivity index is 1.66. The van der Waals surface area contributed by atoms with Gasteiger partial charge < -0.3 is 14.4 Å². The van der Waals surface area contributed by atoms with Crippen molar-refractivity contribution in [1.29, 1.82) is 0 Å². The van der Waals surface area contributed by atoms with Gasteiger partial charge in [0.2, 0.25) is 5.91 Å². The number of aliphatic carboxylic acids is 1. The predicted molar refractivity (Wildman–Crippen MR) is 102 cm³/mol. The molecule has 0 unspecified atom stereocenters. The summed E-state index contributed by atoms with van der Waals surface area (Å²) in [5.41, 5.74) is 2.61. The van der Waals surface area contributed by atoms with E-state index in [-0.39, 0.29) is 18.7 Å².